The SMILES string of the molecule is Cc1cc(C)c(-c2cc(C(=O)O)nn2C)c(O)c1Br. The minimum atomic E-state index is -1.09. The summed E-state index contributed by atoms with van der Waals surface area (Å²) in [6, 6.07) is 3.37. The lowest BCUT2D eigenvalue weighted by atomic mass is 10.0. The van der Waals surface area contributed by atoms with Crippen LogP contribution in [0.4, 0.5) is 0 Å². The molecule has 0 saturated heterocycles. The van der Waals surface area contributed by atoms with E-state index in [1.165, 1.54) is 10.7 Å². The zero-order chi connectivity index (χ0) is 14.3. The molecule has 0 bridgehead atoms. The van der Waals surface area contributed by atoms with Crippen LogP contribution in [0.2, 0.25) is 0 Å². The van der Waals surface area contributed by atoms with Crippen molar-refractivity contribution in [1.82, 2.24) is 9.78 Å². The predicted octanol–water partition coefficient (Wildman–Crippen LogP) is 2.87. The van der Waals surface area contributed by atoms with E-state index in [-0.39, 0.29) is 11.4 Å². The molecule has 0 unspecified atom stereocenters. The molecule has 5 nitrogen and oxygen atoms in total. The van der Waals surface area contributed by atoms with Gasteiger partial charge in [-0.2, -0.15) is 5.10 Å². The summed E-state index contributed by atoms with van der Waals surface area (Å²) in [4.78, 5) is 10.9. The minimum absolute atomic E-state index is 0.0482. The molecule has 1 heterocycles. The van der Waals surface area contributed by atoms with Crippen LogP contribution in [-0.4, -0.2) is 26.0 Å². The number of hydrogen-bond donors (Lipinski definition) is 2. The van der Waals surface area contributed by atoms with Gasteiger partial charge in [-0.25, -0.2) is 4.79 Å². The zero-order valence-corrected chi connectivity index (χ0v) is 12.3. The largest absolute Gasteiger partial charge is 0.506 e. The van der Waals surface area contributed by atoms with Gasteiger partial charge in [-0.05, 0) is 47.0 Å². The van der Waals surface area contributed by atoms with Crippen molar-refractivity contribution in [3.63, 3.8) is 0 Å². The van der Waals surface area contributed by atoms with Crippen LogP contribution in [0.5, 0.6) is 5.75 Å². The lowest BCUT2D eigenvalue weighted by Gasteiger charge is -2.12. The molecule has 0 amide bonds. The van der Waals surface area contributed by atoms with Crippen molar-refractivity contribution in [3.05, 3.63) is 33.4 Å². The highest BCUT2D eigenvalue weighted by molar-refractivity contribution is 9.10. The van der Waals surface area contributed by atoms with Crippen LogP contribution in [-0.2, 0) is 7.05 Å². The normalized spacial score (nSPS) is 10.7. The third-order valence-corrected chi connectivity index (χ3v) is 3.97. The van der Waals surface area contributed by atoms with E-state index in [1.807, 2.05) is 19.9 Å². The molecule has 0 saturated carbocycles. The number of aromatic nitrogens is 2. The number of aromatic hydroxyl groups is 1. The molecule has 0 spiro atoms. The summed E-state index contributed by atoms with van der Waals surface area (Å²) < 4.78 is 2.05. The number of benzene rings is 1. The Hall–Kier alpha value is -1.82. The van der Waals surface area contributed by atoms with Crippen LogP contribution in [0.25, 0.3) is 11.3 Å². The van der Waals surface area contributed by atoms with E-state index in [1.54, 1.807) is 7.05 Å². The molecule has 0 fully saturated rings. The average Bonchev–Trinajstić information content (AvgIpc) is 2.69. The molecule has 1 aromatic carbocycles. The highest BCUT2D eigenvalue weighted by atomic mass is 79.9. The van der Waals surface area contributed by atoms with Crippen molar-refractivity contribution in [3.8, 4) is 17.0 Å². The maximum absolute atomic E-state index is 10.9. The topological polar surface area (TPSA) is 75.3 Å². The van der Waals surface area contributed by atoms with Gasteiger partial charge in [-0.3, -0.25) is 4.68 Å². The summed E-state index contributed by atoms with van der Waals surface area (Å²) in [5.74, 6) is -0.998. The van der Waals surface area contributed by atoms with Crippen LogP contribution >= 0.6 is 15.9 Å². The summed E-state index contributed by atoms with van der Waals surface area (Å²) >= 11 is 3.33. The Morgan fingerprint density at radius 3 is 2.47 bits per heavy atom. The van der Waals surface area contributed by atoms with Crippen LogP contribution in [0.3, 0.4) is 0 Å². The van der Waals surface area contributed by atoms with Gasteiger partial charge in [-0.1, -0.05) is 6.07 Å². The van der Waals surface area contributed by atoms with Crippen molar-refractivity contribution in [1.29, 1.82) is 0 Å². The maximum Gasteiger partial charge on any atom is 0.356 e. The summed E-state index contributed by atoms with van der Waals surface area (Å²) in [7, 11) is 1.65. The Morgan fingerprint density at radius 1 is 1.32 bits per heavy atom. The minimum Gasteiger partial charge on any atom is -0.506 e. The standard InChI is InChI=1S/C13H13BrN2O3/c1-6-4-7(2)11(14)12(17)10(6)9-5-8(13(18)19)15-16(9)3/h4-5,17H,1-3H3,(H,18,19). The number of aryl methyl sites for hydroxylation is 3. The smallest absolute Gasteiger partial charge is 0.356 e. The number of aromatic carboxylic acids is 1. The molecule has 2 N–H and O–H groups in total. The molecule has 2 rings (SSSR count). The van der Waals surface area contributed by atoms with E-state index in [2.05, 4.69) is 21.0 Å². The van der Waals surface area contributed by atoms with Crippen molar-refractivity contribution in [2.45, 2.75) is 13.8 Å². The lowest BCUT2D eigenvalue weighted by molar-refractivity contribution is 0.0689. The fourth-order valence-corrected chi connectivity index (χ4v) is 2.39. The maximum atomic E-state index is 10.9. The highest BCUT2D eigenvalue weighted by Gasteiger charge is 2.19. The monoisotopic (exact) mass is 324 g/mol. The number of hydrogen-bond acceptors (Lipinski definition) is 3. The Labute approximate surface area is 118 Å². The fraction of sp³-hybridized carbons (Fsp3) is 0.231. The van der Waals surface area contributed by atoms with E-state index in [4.69, 9.17) is 5.11 Å². The molecule has 6 heteroatoms. The third kappa shape index (κ3) is 2.23. The molecule has 0 aliphatic rings. The van der Waals surface area contributed by atoms with Crippen molar-refractivity contribution in [2.75, 3.05) is 0 Å². The zero-order valence-electron chi connectivity index (χ0n) is 10.7. The number of carbonyl (C=O) groups is 1. The Morgan fingerprint density at radius 2 is 1.95 bits per heavy atom. The van der Waals surface area contributed by atoms with Gasteiger partial charge in [0.15, 0.2) is 5.69 Å². The molecule has 0 radical (unpaired) electrons. The molecule has 0 aliphatic heterocycles. The van der Waals surface area contributed by atoms with E-state index >= 15 is 0 Å². The number of rotatable bonds is 2. The molecule has 100 valence electrons. The quantitative estimate of drug-likeness (QED) is 0.890. The number of carboxylic acids is 1. The summed E-state index contributed by atoms with van der Waals surface area (Å²) in [5, 5.41) is 23.1. The number of phenolic OH excluding ortho intramolecular Hbond substituents is 1. The van der Waals surface area contributed by atoms with Crippen molar-refractivity contribution < 1.29 is 15.0 Å². The number of nitrogens with zero attached hydrogens (tertiary/aromatic N) is 2. The summed E-state index contributed by atoms with van der Waals surface area (Å²) in [5.41, 5.74) is 2.87. The Kier molecular flexibility index (Phi) is 3.36. The van der Waals surface area contributed by atoms with Crippen LogP contribution in [0.15, 0.2) is 16.6 Å². The molecule has 19 heavy (non-hydrogen) atoms. The van der Waals surface area contributed by atoms with Gasteiger partial charge in [0.2, 0.25) is 0 Å². The van der Waals surface area contributed by atoms with E-state index in [0.29, 0.717) is 15.7 Å². The third-order valence-electron chi connectivity index (χ3n) is 2.97. The van der Waals surface area contributed by atoms with Gasteiger partial charge < -0.3 is 10.2 Å². The van der Waals surface area contributed by atoms with E-state index in [0.717, 1.165) is 11.1 Å². The molecule has 0 aliphatic carbocycles. The van der Waals surface area contributed by atoms with Gasteiger partial charge in [0.25, 0.3) is 0 Å². The number of halogens is 1. The molecule has 0 atom stereocenters. The van der Waals surface area contributed by atoms with Crippen LogP contribution < -0.4 is 0 Å². The van der Waals surface area contributed by atoms with Gasteiger partial charge in [-0.15, -0.1) is 0 Å². The Balaban J connectivity index is 2.72. The second-order valence-corrected chi connectivity index (χ2v) is 5.18. The summed E-state index contributed by atoms with van der Waals surface area (Å²) in [6.07, 6.45) is 0. The Bertz CT molecular complexity index is 677. The van der Waals surface area contributed by atoms with Gasteiger partial charge in [0.1, 0.15) is 5.75 Å². The van der Waals surface area contributed by atoms with Crippen molar-refractivity contribution in [2.24, 2.45) is 7.05 Å². The molecule has 2 aromatic rings. The fourth-order valence-electron chi connectivity index (χ4n) is 2.07. The van der Waals surface area contributed by atoms with Gasteiger partial charge in [0, 0.05) is 12.6 Å². The first kappa shape index (κ1) is 13.6. The first-order valence-electron chi connectivity index (χ1n) is 5.59. The van der Waals surface area contributed by atoms with Gasteiger partial charge in [0.05, 0.1) is 10.2 Å². The van der Waals surface area contributed by atoms with Crippen LogP contribution in [0.1, 0.15) is 21.6 Å². The van der Waals surface area contributed by atoms with E-state index < -0.39 is 5.97 Å². The van der Waals surface area contributed by atoms with Gasteiger partial charge >= 0.3 is 5.97 Å². The molecular formula is C13H13BrN2O3. The molecular weight excluding hydrogens is 312 g/mol. The van der Waals surface area contributed by atoms with E-state index in [9.17, 15) is 9.90 Å². The van der Waals surface area contributed by atoms with Crippen LogP contribution in [0, 0.1) is 13.8 Å². The lowest BCUT2D eigenvalue weighted by Crippen LogP contribution is -1.99. The second-order valence-electron chi connectivity index (χ2n) is 4.39. The van der Waals surface area contributed by atoms with Crippen molar-refractivity contribution >= 4 is 21.9 Å². The number of carboxylic acid groups (broad SMARTS) is 1. The first-order valence-corrected chi connectivity index (χ1v) is 6.38. The predicted molar refractivity (Wildman–Crippen MR) is 74.4 cm³/mol. The average molecular weight is 325 g/mol. The highest BCUT2D eigenvalue weighted by Crippen LogP contribution is 2.40. The molecule has 1 aromatic heterocycles. The first-order chi connectivity index (χ1) is 8.82. The summed E-state index contributed by atoms with van der Waals surface area (Å²) in [6.45, 7) is 3.74. The number of phenols is 1. The second kappa shape index (κ2) is 4.70.